The number of nitrogens with one attached hydrogen (secondary N) is 1. The number of amides is 1. The topological polar surface area (TPSA) is 85.6 Å². The molecule has 0 atom stereocenters. The molecule has 0 fully saturated rings. The lowest BCUT2D eigenvalue weighted by atomic mass is 10.1. The van der Waals surface area contributed by atoms with E-state index in [1.54, 1.807) is 36.3 Å². The van der Waals surface area contributed by atoms with Crippen molar-refractivity contribution in [3.05, 3.63) is 78.8 Å². The van der Waals surface area contributed by atoms with E-state index in [4.69, 9.17) is 0 Å². The van der Waals surface area contributed by atoms with Gasteiger partial charge in [-0.15, -0.1) is 0 Å². The Morgan fingerprint density at radius 3 is 2.48 bits per heavy atom. The first-order valence-corrected chi connectivity index (χ1v) is 8.36. The van der Waals surface area contributed by atoms with Gasteiger partial charge < -0.3 is 0 Å². The SMILES string of the molecule is Cn1nc(-c2ccccc2)cc1C(=O)Nc1nccc(-c2ccccn2)n1. The molecule has 0 unspecified atom stereocenters. The molecule has 0 aliphatic heterocycles. The lowest BCUT2D eigenvalue weighted by Gasteiger charge is -2.05. The van der Waals surface area contributed by atoms with Gasteiger partial charge in [0.15, 0.2) is 0 Å². The largest absolute Gasteiger partial charge is 0.289 e. The number of hydrogen-bond acceptors (Lipinski definition) is 5. The summed E-state index contributed by atoms with van der Waals surface area (Å²) >= 11 is 0. The van der Waals surface area contributed by atoms with Crippen LogP contribution in [-0.4, -0.2) is 30.6 Å². The predicted molar refractivity (Wildman–Crippen MR) is 102 cm³/mol. The molecule has 132 valence electrons. The van der Waals surface area contributed by atoms with Crippen LogP contribution in [0, 0.1) is 0 Å². The molecule has 0 radical (unpaired) electrons. The number of aryl methyl sites for hydroxylation is 1. The highest BCUT2D eigenvalue weighted by atomic mass is 16.2. The van der Waals surface area contributed by atoms with Gasteiger partial charge in [0.05, 0.1) is 17.1 Å². The number of carbonyl (C=O) groups excluding carboxylic acids is 1. The number of hydrogen-bond donors (Lipinski definition) is 1. The van der Waals surface area contributed by atoms with E-state index >= 15 is 0 Å². The Morgan fingerprint density at radius 2 is 1.70 bits per heavy atom. The average molecular weight is 356 g/mol. The van der Waals surface area contributed by atoms with Gasteiger partial charge in [0, 0.05) is 25.0 Å². The van der Waals surface area contributed by atoms with Gasteiger partial charge in [0.1, 0.15) is 5.69 Å². The van der Waals surface area contributed by atoms with Crippen molar-refractivity contribution in [1.29, 1.82) is 0 Å². The first-order valence-electron chi connectivity index (χ1n) is 8.36. The molecular weight excluding hydrogens is 340 g/mol. The standard InChI is InChI=1S/C20H16N6O/c1-26-18(13-17(25-26)14-7-3-2-4-8-14)19(27)24-20-22-12-10-16(23-20)15-9-5-6-11-21-15/h2-13H,1H3,(H,22,23,24,27). The molecule has 1 aromatic carbocycles. The van der Waals surface area contributed by atoms with E-state index in [0.29, 0.717) is 17.1 Å². The lowest BCUT2D eigenvalue weighted by Crippen LogP contribution is -2.17. The summed E-state index contributed by atoms with van der Waals surface area (Å²) in [5.41, 5.74) is 3.44. The van der Waals surface area contributed by atoms with Crippen molar-refractivity contribution in [1.82, 2.24) is 24.7 Å². The van der Waals surface area contributed by atoms with Gasteiger partial charge in [-0.3, -0.25) is 19.8 Å². The minimum Gasteiger partial charge on any atom is -0.289 e. The molecule has 27 heavy (non-hydrogen) atoms. The van der Waals surface area contributed by atoms with Crippen LogP contribution in [0.25, 0.3) is 22.6 Å². The fourth-order valence-electron chi connectivity index (χ4n) is 2.67. The van der Waals surface area contributed by atoms with Crippen LogP contribution in [0.5, 0.6) is 0 Å². The van der Waals surface area contributed by atoms with Crippen LogP contribution in [0.2, 0.25) is 0 Å². The molecule has 0 aliphatic rings. The second-order valence-electron chi connectivity index (χ2n) is 5.84. The van der Waals surface area contributed by atoms with E-state index in [1.807, 2.05) is 48.5 Å². The second kappa shape index (κ2) is 7.17. The maximum absolute atomic E-state index is 12.7. The quantitative estimate of drug-likeness (QED) is 0.607. The molecule has 0 saturated heterocycles. The Hall–Kier alpha value is -3.87. The van der Waals surface area contributed by atoms with Crippen LogP contribution in [0.15, 0.2) is 73.1 Å². The molecule has 0 spiro atoms. The summed E-state index contributed by atoms with van der Waals surface area (Å²) in [5.74, 6) is -0.115. The van der Waals surface area contributed by atoms with E-state index in [9.17, 15) is 4.79 Å². The van der Waals surface area contributed by atoms with E-state index in [-0.39, 0.29) is 11.9 Å². The first kappa shape index (κ1) is 16.6. The zero-order valence-corrected chi connectivity index (χ0v) is 14.6. The minimum absolute atomic E-state index is 0.214. The molecule has 4 aromatic rings. The minimum atomic E-state index is -0.328. The smallest absolute Gasteiger partial charge is 0.276 e. The Labute approximate surface area is 155 Å². The van der Waals surface area contributed by atoms with Crippen LogP contribution >= 0.6 is 0 Å². The Bertz CT molecular complexity index is 1080. The zero-order chi connectivity index (χ0) is 18.6. The molecular formula is C20H16N6O. The summed E-state index contributed by atoms with van der Waals surface area (Å²) in [5, 5.41) is 7.14. The van der Waals surface area contributed by atoms with E-state index in [2.05, 4.69) is 25.4 Å². The van der Waals surface area contributed by atoms with Crippen molar-refractivity contribution in [3.8, 4) is 22.6 Å². The summed E-state index contributed by atoms with van der Waals surface area (Å²) in [6.45, 7) is 0. The fraction of sp³-hybridized carbons (Fsp3) is 0.0500. The summed E-state index contributed by atoms with van der Waals surface area (Å²) in [6, 6.07) is 18.7. The maximum Gasteiger partial charge on any atom is 0.276 e. The van der Waals surface area contributed by atoms with Crippen molar-refractivity contribution >= 4 is 11.9 Å². The highest BCUT2D eigenvalue weighted by Gasteiger charge is 2.16. The molecule has 4 rings (SSSR count). The number of carbonyl (C=O) groups is 1. The number of benzene rings is 1. The first-order chi connectivity index (χ1) is 13.2. The molecule has 1 N–H and O–H groups in total. The van der Waals surface area contributed by atoms with E-state index in [1.165, 1.54) is 0 Å². The van der Waals surface area contributed by atoms with Gasteiger partial charge >= 0.3 is 0 Å². The Kier molecular flexibility index (Phi) is 4.40. The normalized spacial score (nSPS) is 10.6. The lowest BCUT2D eigenvalue weighted by molar-refractivity contribution is 0.101. The van der Waals surface area contributed by atoms with Crippen LogP contribution in [0.3, 0.4) is 0 Å². The summed E-state index contributed by atoms with van der Waals surface area (Å²) in [4.78, 5) is 25.4. The summed E-state index contributed by atoms with van der Waals surface area (Å²) < 4.78 is 1.54. The van der Waals surface area contributed by atoms with Crippen LogP contribution < -0.4 is 5.32 Å². The van der Waals surface area contributed by atoms with Crippen molar-refractivity contribution in [2.24, 2.45) is 7.05 Å². The third-order valence-electron chi connectivity index (χ3n) is 3.99. The van der Waals surface area contributed by atoms with Crippen molar-refractivity contribution < 1.29 is 4.79 Å². The van der Waals surface area contributed by atoms with Crippen LogP contribution in [-0.2, 0) is 7.05 Å². The fourth-order valence-corrected chi connectivity index (χ4v) is 2.67. The molecule has 0 bridgehead atoms. The molecule has 1 amide bonds. The second-order valence-corrected chi connectivity index (χ2v) is 5.84. The van der Waals surface area contributed by atoms with Crippen LogP contribution in [0.1, 0.15) is 10.5 Å². The van der Waals surface area contributed by atoms with Gasteiger partial charge in [-0.25, -0.2) is 9.97 Å². The molecule has 3 heterocycles. The monoisotopic (exact) mass is 356 g/mol. The number of aromatic nitrogens is 5. The molecule has 3 aromatic heterocycles. The number of rotatable bonds is 4. The molecule has 7 heteroatoms. The third kappa shape index (κ3) is 3.57. The Morgan fingerprint density at radius 1 is 0.889 bits per heavy atom. The van der Waals surface area contributed by atoms with E-state index < -0.39 is 0 Å². The number of anilines is 1. The number of nitrogens with zero attached hydrogens (tertiary/aromatic N) is 5. The third-order valence-corrected chi connectivity index (χ3v) is 3.99. The highest BCUT2D eigenvalue weighted by molar-refractivity contribution is 6.02. The average Bonchev–Trinajstić information content (AvgIpc) is 3.11. The number of pyridine rings is 1. The van der Waals surface area contributed by atoms with Gasteiger partial charge in [-0.1, -0.05) is 36.4 Å². The van der Waals surface area contributed by atoms with Crippen molar-refractivity contribution in [3.63, 3.8) is 0 Å². The predicted octanol–water partition coefficient (Wildman–Crippen LogP) is 3.19. The van der Waals surface area contributed by atoms with Crippen LogP contribution in [0.4, 0.5) is 5.95 Å². The van der Waals surface area contributed by atoms with Gasteiger partial charge in [0.25, 0.3) is 5.91 Å². The summed E-state index contributed by atoms with van der Waals surface area (Å²) in [7, 11) is 1.73. The van der Waals surface area contributed by atoms with Crippen molar-refractivity contribution in [2.45, 2.75) is 0 Å². The zero-order valence-electron chi connectivity index (χ0n) is 14.6. The molecule has 0 aliphatic carbocycles. The van der Waals surface area contributed by atoms with Gasteiger partial charge in [-0.05, 0) is 24.3 Å². The van der Waals surface area contributed by atoms with Gasteiger partial charge in [-0.2, -0.15) is 5.10 Å². The maximum atomic E-state index is 12.7. The van der Waals surface area contributed by atoms with Gasteiger partial charge in [0.2, 0.25) is 5.95 Å². The van der Waals surface area contributed by atoms with Crippen molar-refractivity contribution in [2.75, 3.05) is 5.32 Å². The molecule has 0 saturated carbocycles. The Balaban J connectivity index is 1.57. The molecule has 7 nitrogen and oxygen atoms in total. The van der Waals surface area contributed by atoms with E-state index in [0.717, 1.165) is 11.3 Å². The summed E-state index contributed by atoms with van der Waals surface area (Å²) in [6.07, 6.45) is 3.28. The highest BCUT2D eigenvalue weighted by Crippen LogP contribution is 2.19.